The second kappa shape index (κ2) is 9.47. The summed E-state index contributed by atoms with van der Waals surface area (Å²) in [5.74, 6) is -2.06. The minimum atomic E-state index is -0.663. The molecule has 0 aliphatic carbocycles. The molecular formula is C21H22N2O5S. The van der Waals surface area contributed by atoms with Crippen LogP contribution in [0.15, 0.2) is 41.8 Å². The average molecular weight is 414 g/mol. The topological polar surface area (TPSA) is 92.8 Å². The minimum absolute atomic E-state index is 0.0404. The van der Waals surface area contributed by atoms with E-state index in [9.17, 15) is 19.2 Å². The van der Waals surface area contributed by atoms with E-state index in [1.165, 1.54) is 11.3 Å². The number of aryl methyl sites for hydroxylation is 1. The Balaban J connectivity index is 1.43. The van der Waals surface area contributed by atoms with Crippen LogP contribution in [0.4, 0.5) is 0 Å². The van der Waals surface area contributed by atoms with E-state index in [4.69, 9.17) is 4.74 Å². The van der Waals surface area contributed by atoms with Crippen LogP contribution in [0.25, 0.3) is 0 Å². The first-order valence-corrected chi connectivity index (χ1v) is 10.2. The van der Waals surface area contributed by atoms with Crippen molar-refractivity contribution in [1.82, 2.24) is 10.2 Å². The largest absolute Gasteiger partial charge is 0.455 e. The number of ether oxygens (including phenoxy) is 1. The molecule has 0 saturated carbocycles. The van der Waals surface area contributed by atoms with Crippen LogP contribution in [0, 0.1) is 12.8 Å². The summed E-state index contributed by atoms with van der Waals surface area (Å²) < 4.78 is 5.06. The van der Waals surface area contributed by atoms with Gasteiger partial charge in [0.15, 0.2) is 6.61 Å². The first-order chi connectivity index (χ1) is 14.0. The molecule has 1 N–H and O–H groups in total. The molecule has 0 spiro atoms. The molecule has 8 heteroatoms. The number of likely N-dealkylation sites (tertiary alicyclic amines) is 1. The summed E-state index contributed by atoms with van der Waals surface area (Å²) in [6.45, 7) is 2.30. The molecule has 0 unspecified atom stereocenters. The third-order valence-corrected chi connectivity index (χ3v) is 5.70. The van der Waals surface area contributed by atoms with Gasteiger partial charge in [-0.1, -0.05) is 24.3 Å². The van der Waals surface area contributed by atoms with Crippen molar-refractivity contribution in [3.05, 3.63) is 57.8 Å². The number of nitrogens with one attached hydrogen (secondary N) is 1. The molecule has 0 radical (unpaired) electrons. The summed E-state index contributed by atoms with van der Waals surface area (Å²) in [5.41, 5.74) is 1.59. The van der Waals surface area contributed by atoms with Crippen LogP contribution in [-0.4, -0.2) is 48.3 Å². The Bertz CT molecular complexity index is 902. The molecule has 1 aliphatic heterocycles. The van der Waals surface area contributed by atoms with Gasteiger partial charge < -0.3 is 9.64 Å². The maximum absolute atomic E-state index is 12.6. The average Bonchev–Trinajstić information content (AvgIpc) is 3.27. The van der Waals surface area contributed by atoms with Crippen LogP contribution < -0.4 is 5.32 Å². The number of carbonyl (C=O) groups excluding carboxylic acids is 4. The Kier molecular flexibility index (Phi) is 6.77. The van der Waals surface area contributed by atoms with Crippen LogP contribution in [0.3, 0.4) is 0 Å². The van der Waals surface area contributed by atoms with Gasteiger partial charge in [-0.2, -0.15) is 0 Å². The molecule has 1 saturated heterocycles. The Labute approximate surface area is 172 Å². The first kappa shape index (κ1) is 20.7. The van der Waals surface area contributed by atoms with E-state index in [0.717, 1.165) is 5.56 Å². The molecule has 3 rings (SSSR count). The maximum atomic E-state index is 12.6. The Morgan fingerprint density at radius 3 is 2.48 bits per heavy atom. The highest BCUT2D eigenvalue weighted by molar-refractivity contribution is 7.12. The number of rotatable bonds is 5. The van der Waals surface area contributed by atoms with E-state index in [1.807, 2.05) is 25.1 Å². The van der Waals surface area contributed by atoms with Gasteiger partial charge in [0.1, 0.15) is 0 Å². The molecule has 2 aromatic rings. The summed E-state index contributed by atoms with van der Waals surface area (Å²) in [6.07, 6.45) is 0.957. The van der Waals surface area contributed by atoms with Gasteiger partial charge in [-0.3, -0.25) is 24.5 Å². The van der Waals surface area contributed by atoms with Crippen LogP contribution in [0.2, 0.25) is 0 Å². The molecular weight excluding hydrogens is 392 g/mol. The predicted octanol–water partition coefficient (Wildman–Crippen LogP) is 2.41. The minimum Gasteiger partial charge on any atom is -0.455 e. The van der Waals surface area contributed by atoms with Crippen molar-refractivity contribution in [2.45, 2.75) is 19.8 Å². The number of hydrogen-bond donors (Lipinski definition) is 1. The highest BCUT2D eigenvalue weighted by Crippen LogP contribution is 2.21. The second-order valence-corrected chi connectivity index (χ2v) is 7.79. The number of nitrogens with zero attached hydrogens (tertiary/aromatic N) is 1. The van der Waals surface area contributed by atoms with Crippen LogP contribution in [0.5, 0.6) is 0 Å². The van der Waals surface area contributed by atoms with E-state index < -0.39 is 24.4 Å². The van der Waals surface area contributed by atoms with Gasteiger partial charge in [0.05, 0.1) is 10.8 Å². The quantitative estimate of drug-likeness (QED) is 0.759. The smallest absolute Gasteiger partial charge is 0.309 e. The van der Waals surface area contributed by atoms with Gasteiger partial charge in [-0.25, -0.2) is 0 Å². The molecule has 1 aromatic heterocycles. The summed E-state index contributed by atoms with van der Waals surface area (Å²) in [5, 5.41) is 3.92. The van der Waals surface area contributed by atoms with Crippen molar-refractivity contribution in [3.63, 3.8) is 0 Å². The lowest BCUT2D eigenvalue weighted by atomic mass is 9.96. The van der Waals surface area contributed by atoms with Crippen LogP contribution in [0.1, 0.15) is 38.4 Å². The van der Waals surface area contributed by atoms with E-state index in [1.54, 1.807) is 28.5 Å². The van der Waals surface area contributed by atoms with Gasteiger partial charge in [0.2, 0.25) is 0 Å². The molecule has 29 heavy (non-hydrogen) atoms. The molecule has 1 aromatic carbocycles. The summed E-state index contributed by atoms with van der Waals surface area (Å²) in [4.78, 5) is 50.6. The predicted molar refractivity (Wildman–Crippen MR) is 108 cm³/mol. The molecule has 3 amide bonds. The molecule has 1 aliphatic rings. The number of imide groups is 1. The fraction of sp³-hybridized carbons (Fsp3) is 0.333. The molecule has 152 valence electrons. The zero-order valence-corrected chi connectivity index (χ0v) is 16.9. The zero-order chi connectivity index (χ0) is 20.8. The van der Waals surface area contributed by atoms with Crippen molar-refractivity contribution in [2.24, 2.45) is 5.92 Å². The van der Waals surface area contributed by atoms with Crippen molar-refractivity contribution in [3.8, 4) is 0 Å². The molecule has 0 bridgehead atoms. The van der Waals surface area contributed by atoms with Gasteiger partial charge in [-0.15, -0.1) is 11.3 Å². The van der Waals surface area contributed by atoms with Crippen molar-refractivity contribution < 1.29 is 23.9 Å². The van der Waals surface area contributed by atoms with Crippen LogP contribution >= 0.6 is 11.3 Å². The summed E-state index contributed by atoms with van der Waals surface area (Å²) in [7, 11) is 0. The first-order valence-electron chi connectivity index (χ1n) is 9.35. The van der Waals surface area contributed by atoms with Crippen LogP contribution in [-0.2, 0) is 14.3 Å². The summed E-state index contributed by atoms with van der Waals surface area (Å²) in [6, 6.07) is 10.7. The number of benzene rings is 1. The Morgan fingerprint density at radius 1 is 1.10 bits per heavy atom. The highest BCUT2D eigenvalue weighted by atomic mass is 32.1. The van der Waals surface area contributed by atoms with E-state index in [2.05, 4.69) is 5.32 Å². The SMILES string of the molecule is Cc1ccccc1C(=O)N1CCC(C(=O)OCC(=O)NC(=O)c2cccs2)CC1. The number of piperidine rings is 1. The second-order valence-electron chi connectivity index (χ2n) is 6.84. The number of amides is 3. The Morgan fingerprint density at radius 2 is 1.83 bits per heavy atom. The van der Waals surface area contributed by atoms with E-state index in [-0.39, 0.29) is 11.8 Å². The normalized spacial score (nSPS) is 14.3. The maximum Gasteiger partial charge on any atom is 0.309 e. The fourth-order valence-electron chi connectivity index (χ4n) is 3.19. The van der Waals surface area contributed by atoms with E-state index >= 15 is 0 Å². The third-order valence-electron chi connectivity index (χ3n) is 4.83. The fourth-order valence-corrected chi connectivity index (χ4v) is 3.81. The molecule has 0 atom stereocenters. The van der Waals surface area contributed by atoms with Gasteiger partial charge >= 0.3 is 5.97 Å². The Hall–Kier alpha value is -3.00. The highest BCUT2D eigenvalue weighted by Gasteiger charge is 2.29. The number of thiophene rings is 1. The number of esters is 1. The molecule has 1 fully saturated rings. The van der Waals surface area contributed by atoms with Gasteiger partial charge in [0.25, 0.3) is 17.7 Å². The molecule has 2 heterocycles. The van der Waals surface area contributed by atoms with Crippen molar-refractivity contribution >= 4 is 35.0 Å². The van der Waals surface area contributed by atoms with Gasteiger partial charge in [-0.05, 0) is 42.8 Å². The lowest BCUT2D eigenvalue weighted by Gasteiger charge is -2.31. The lowest BCUT2D eigenvalue weighted by Crippen LogP contribution is -2.41. The summed E-state index contributed by atoms with van der Waals surface area (Å²) >= 11 is 1.22. The zero-order valence-electron chi connectivity index (χ0n) is 16.1. The van der Waals surface area contributed by atoms with Gasteiger partial charge in [0, 0.05) is 18.7 Å². The number of hydrogen-bond acceptors (Lipinski definition) is 6. The van der Waals surface area contributed by atoms with Crippen molar-refractivity contribution in [1.29, 1.82) is 0 Å². The lowest BCUT2D eigenvalue weighted by molar-refractivity contribution is -0.153. The van der Waals surface area contributed by atoms with Crippen molar-refractivity contribution in [2.75, 3.05) is 19.7 Å². The van der Waals surface area contributed by atoms with E-state index in [0.29, 0.717) is 36.4 Å². The third kappa shape index (κ3) is 5.29. The molecule has 7 nitrogen and oxygen atoms in total. The monoisotopic (exact) mass is 414 g/mol. The number of carbonyl (C=O) groups is 4. The standard InChI is InChI=1S/C21H22N2O5S/c1-14-5-2-3-6-16(14)20(26)23-10-8-15(9-11-23)21(27)28-13-18(24)22-19(25)17-7-4-12-29-17/h2-7,12,15H,8-11,13H2,1H3,(H,22,24,25).